The van der Waals surface area contributed by atoms with Crippen LogP contribution in [-0.4, -0.2) is 24.3 Å². The standard InChI is InChI=1S/C16H20N2O/c1-2-9-18(8-1)16-7-3-6-15(11-16)17-12-14-5-4-10-19-13-14/h1-3,6-9,11,14,17H,4-5,10,12-13H2. The minimum Gasteiger partial charge on any atom is -0.385 e. The van der Waals surface area contributed by atoms with E-state index in [0.29, 0.717) is 5.92 Å². The predicted octanol–water partition coefficient (Wildman–Crippen LogP) is 3.32. The second-order valence-corrected chi connectivity index (χ2v) is 5.10. The highest BCUT2D eigenvalue weighted by atomic mass is 16.5. The Morgan fingerprint density at radius 1 is 1.21 bits per heavy atom. The molecule has 1 saturated heterocycles. The van der Waals surface area contributed by atoms with Crippen molar-refractivity contribution in [1.29, 1.82) is 0 Å². The molecule has 1 fully saturated rings. The third-order valence-electron chi connectivity index (χ3n) is 3.60. The molecule has 1 atom stereocenters. The average molecular weight is 256 g/mol. The summed E-state index contributed by atoms with van der Waals surface area (Å²) >= 11 is 0. The molecule has 0 aliphatic carbocycles. The Balaban J connectivity index is 1.63. The summed E-state index contributed by atoms with van der Waals surface area (Å²) in [7, 11) is 0. The molecule has 1 unspecified atom stereocenters. The molecule has 1 aromatic carbocycles. The van der Waals surface area contributed by atoms with Gasteiger partial charge in [0.15, 0.2) is 0 Å². The third-order valence-corrected chi connectivity index (χ3v) is 3.60. The summed E-state index contributed by atoms with van der Waals surface area (Å²) in [6.07, 6.45) is 6.59. The van der Waals surface area contributed by atoms with Gasteiger partial charge in [0.25, 0.3) is 0 Å². The van der Waals surface area contributed by atoms with Crippen LogP contribution in [0.5, 0.6) is 0 Å². The largest absolute Gasteiger partial charge is 0.385 e. The van der Waals surface area contributed by atoms with Crippen LogP contribution >= 0.6 is 0 Å². The van der Waals surface area contributed by atoms with Gasteiger partial charge in [0, 0.05) is 36.9 Å². The van der Waals surface area contributed by atoms with E-state index in [0.717, 1.165) is 19.8 Å². The van der Waals surface area contributed by atoms with Gasteiger partial charge >= 0.3 is 0 Å². The van der Waals surface area contributed by atoms with Gasteiger partial charge in [-0.05, 0) is 49.1 Å². The van der Waals surface area contributed by atoms with Crippen LogP contribution in [0.2, 0.25) is 0 Å². The number of ether oxygens (including phenoxy) is 1. The van der Waals surface area contributed by atoms with Crippen LogP contribution < -0.4 is 5.32 Å². The van der Waals surface area contributed by atoms with Crippen LogP contribution in [0.3, 0.4) is 0 Å². The van der Waals surface area contributed by atoms with Crippen molar-refractivity contribution in [3.05, 3.63) is 48.8 Å². The van der Waals surface area contributed by atoms with Gasteiger partial charge in [-0.15, -0.1) is 0 Å². The number of anilines is 1. The molecule has 0 saturated carbocycles. The monoisotopic (exact) mass is 256 g/mol. The zero-order valence-corrected chi connectivity index (χ0v) is 11.1. The van der Waals surface area contributed by atoms with Crippen LogP contribution in [0.15, 0.2) is 48.8 Å². The average Bonchev–Trinajstić information content (AvgIpc) is 3.01. The molecule has 1 aromatic heterocycles. The Bertz CT molecular complexity index is 501. The highest BCUT2D eigenvalue weighted by molar-refractivity contribution is 5.51. The fraction of sp³-hybridized carbons (Fsp3) is 0.375. The van der Waals surface area contributed by atoms with E-state index >= 15 is 0 Å². The number of aromatic nitrogens is 1. The van der Waals surface area contributed by atoms with Crippen LogP contribution in [0.25, 0.3) is 5.69 Å². The second-order valence-electron chi connectivity index (χ2n) is 5.10. The molecule has 0 spiro atoms. The topological polar surface area (TPSA) is 26.2 Å². The maximum Gasteiger partial charge on any atom is 0.0511 e. The summed E-state index contributed by atoms with van der Waals surface area (Å²) in [5.41, 5.74) is 2.37. The van der Waals surface area contributed by atoms with Gasteiger partial charge in [0.2, 0.25) is 0 Å². The van der Waals surface area contributed by atoms with Crippen molar-refractivity contribution in [2.24, 2.45) is 5.92 Å². The van der Waals surface area contributed by atoms with Gasteiger partial charge < -0.3 is 14.6 Å². The lowest BCUT2D eigenvalue weighted by Gasteiger charge is -2.22. The minimum atomic E-state index is 0.643. The molecule has 0 amide bonds. The van der Waals surface area contributed by atoms with Crippen molar-refractivity contribution in [3.63, 3.8) is 0 Å². The number of hydrogen-bond acceptors (Lipinski definition) is 2. The Morgan fingerprint density at radius 2 is 2.11 bits per heavy atom. The lowest BCUT2D eigenvalue weighted by atomic mass is 10.0. The van der Waals surface area contributed by atoms with E-state index < -0.39 is 0 Å². The van der Waals surface area contributed by atoms with Crippen LogP contribution in [0.4, 0.5) is 5.69 Å². The first-order valence-electron chi connectivity index (χ1n) is 6.97. The second kappa shape index (κ2) is 5.93. The zero-order chi connectivity index (χ0) is 12.9. The number of rotatable bonds is 4. The molecule has 100 valence electrons. The van der Waals surface area contributed by atoms with Gasteiger partial charge in [-0.1, -0.05) is 6.07 Å². The van der Waals surface area contributed by atoms with E-state index in [1.54, 1.807) is 0 Å². The Hall–Kier alpha value is -1.74. The van der Waals surface area contributed by atoms with Crippen LogP contribution in [0, 0.1) is 5.92 Å². The molecule has 0 bridgehead atoms. The van der Waals surface area contributed by atoms with Gasteiger partial charge in [-0.3, -0.25) is 0 Å². The first-order valence-corrected chi connectivity index (χ1v) is 6.97. The molecule has 19 heavy (non-hydrogen) atoms. The highest BCUT2D eigenvalue weighted by Crippen LogP contribution is 2.18. The third kappa shape index (κ3) is 3.18. The highest BCUT2D eigenvalue weighted by Gasteiger charge is 2.13. The molecule has 1 aliphatic heterocycles. The molecular weight excluding hydrogens is 236 g/mol. The molecule has 0 radical (unpaired) electrons. The summed E-state index contributed by atoms with van der Waals surface area (Å²) in [6, 6.07) is 12.6. The summed E-state index contributed by atoms with van der Waals surface area (Å²) < 4.78 is 7.63. The Morgan fingerprint density at radius 3 is 2.89 bits per heavy atom. The number of nitrogens with zero attached hydrogens (tertiary/aromatic N) is 1. The van der Waals surface area contributed by atoms with Crippen molar-refractivity contribution >= 4 is 5.69 Å². The van der Waals surface area contributed by atoms with Crippen molar-refractivity contribution in [2.45, 2.75) is 12.8 Å². The molecule has 1 aliphatic rings. The van der Waals surface area contributed by atoms with Crippen molar-refractivity contribution < 1.29 is 4.74 Å². The quantitative estimate of drug-likeness (QED) is 0.908. The van der Waals surface area contributed by atoms with Crippen molar-refractivity contribution in [1.82, 2.24) is 4.57 Å². The van der Waals surface area contributed by atoms with Gasteiger partial charge in [-0.25, -0.2) is 0 Å². The first-order chi connectivity index (χ1) is 9.42. The maximum atomic E-state index is 5.51. The minimum absolute atomic E-state index is 0.643. The number of nitrogens with one attached hydrogen (secondary N) is 1. The van der Waals surface area contributed by atoms with E-state index in [4.69, 9.17) is 4.74 Å². The van der Waals surface area contributed by atoms with E-state index in [9.17, 15) is 0 Å². The lowest BCUT2D eigenvalue weighted by Crippen LogP contribution is -2.24. The van der Waals surface area contributed by atoms with Gasteiger partial charge in [0.1, 0.15) is 0 Å². The Labute approximate surface area is 114 Å². The fourth-order valence-corrected chi connectivity index (χ4v) is 2.51. The molecular formula is C16H20N2O. The normalized spacial score (nSPS) is 19.3. The summed E-state index contributed by atoms with van der Waals surface area (Å²) in [6.45, 7) is 2.82. The molecule has 2 heterocycles. The van der Waals surface area contributed by atoms with Crippen LogP contribution in [-0.2, 0) is 4.74 Å². The lowest BCUT2D eigenvalue weighted by molar-refractivity contribution is 0.0595. The maximum absolute atomic E-state index is 5.51. The number of benzene rings is 1. The SMILES string of the molecule is c1cc(NCC2CCCOC2)cc(-n2cccc2)c1. The first kappa shape index (κ1) is 12.3. The molecule has 3 heteroatoms. The van der Waals surface area contributed by atoms with E-state index in [1.807, 2.05) is 12.1 Å². The van der Waals surface area contributed by atoms with Gasteiger partial charge in [-0.2, -0.15) is 0 Å². The molecule has 1 N–H and O–H groups in total. The summed E-state index contributed by atoms with van der Waals surface area (Å²) in [5, 5.41) is 3.52. The van der Waals surface area contributed by atoms with E-state index in [-0.39, 0.29) is 0 Å². The van der Waals surface area contributed by atoms with E-state index in [2.05, 4.69) is 46.5 Å². The van der Waals surface area contributed by atoms with Crippen molar-refractivity contribution in [2.75, 3.05) is 25.1 Å². The van der Waals surface area contributed by atoms with Crippen LogP contribution in [0.1, 0.15) is 12.8 Å². The van der Waals surface area contributed by atoms with Crippen molar-refractivity contribution in [3.8, 4) is 5.69 Å². The Kier molecular flexibility index (Phi) is 3.84. The smallest absolute Gasteiger partial charge is 0.0511 e. The summed E-state index contributed by atoms with van der Waals surface area (Å²) in [4.78, 5) is 0. The molecule has 2 aromatic rings. The molecule has 3 rings (SSSR count). The van der Waals surface area contributed by atoms with Gasteiger partial charge in [0.05, 0.1) is 6.61 Å². The molecule has 3 nitrogen and oxygen atoms in total. The fourth-order valence-electron chi connectivity index (χ4n) is 2.51. The predicted molar refractivity (Wildman–Crippen MR) is 77.8 cm³/mol. The number of hydrogen-bond donors (Lipinski definition) is 1. The summed E-state index contributed by atoms with van der Waals surface area (Å²) in [5.74, 6) is 0.643. The zero-order valence-electron chi connectivity index (χ0n) is 11.1. The van der Waals surface area contributed by atoms with E-state index in [1.165, 1.54) is 24.2 Å².